The number of carbonyl (C=O) groups is 2. The molecule has 23 heavy (non-hydrogen) atoms. The summed E-state index contributed by atoms with van der Waals surface area (Å²) in [6.07, 6.45) is 3.70. The highest BCUT2D eigenvalue weighted by Gasteiger charge is 2.14. The van der Waals surface area contributed by atoms with Crippen LogP contribution in [-0.2, 0) is 9.59 Å². The van der Waals surface area contributed by atoms with Crippen molar-refractivity contribution >= 4 is 29.6 Å². The summed E-state index contributed by atoms with van der Waals surface area (Å²) in [4.78, 5) is 23.2. The highest BCUT2D eigenvalue weighted by atomic mass is 35.5. The lowest BCUT2D eigenvalue weighted by Crippen LogP contribution is -2.41. The van der Waals surface area contributed by atoms with Gasteiger partial charge in [0.2, 0.25) is 0 Å². The average Bonchev–Trinajstić information content (AvgIpc) is 2.53. The molecule has 0 aliphatic heterocycles. The minimum atomic E-state index is -0.836. The van der Waals surface area contributed by atoms with Gasteiger partial charge < -0.3 is 10.1 Å². The molecule has 0 heterocycles. The lowest BCUT2D eigenvalue weighted by Gasteiger charge is -2.10. The third kappa shape index (κ3) is 6.52. The number of nitrogens with one attached hydrogen (secondary N) is 2. The van der Waals surface area contributed by atoms with Gasteiger partial charge in [-0.1, -0.05) is 31.2 Å². The van der Waals surface area contributed by atoms with Crippen LogP contribution in [0.25, 0.3) is 0 Å². The minimum absolute atomic E-state index is 0.0796. The van der Waals surface area contributed by atoms with Gasteiger partial charge in [0.25, 0.3) is 0 Å². The molecule has 7 heteroatoms. The van der Waals surface area contributed by atoms with Crippen molar-refractivity contribution in [2.75, 3.05) is 6.61 Å². The van der Waals surface area contributed by atoms with Crippen LogP contribution in [0, 0.1) is 0 Å². The van der Waals surface area contributed by atoms with E-state index in [2.05, 4.69) is 22.4 Å². The number of hydrogen-bond acceptors (Lipinski definition) is 4. The molecule has 0 radical (unpaired) electrons. The van der Waals surface area contributed by atoms with Crippen molar-refractivity contribution in [1.82, 2.24) is 10.7 Å². The number of hydrogen-bond donors (Lipinski definition) is 2. The number of nitrogens with zero attached hydrogens (tertiary/aromatic N) is 1. The standard InChI is InChI=1S/C16H20ClN3O3/c1-4-8-23-14-7-6-13(17)9-12(14)10-18-20-16(22)15(21)19-11(3)5-2/h4,6-7,9-11H,1,5,8H2,2-3H3,(H,19,21)(H,20,22)/b18-10-/t11-/m0/s1. The van der Waals surface area contributed by atoms with Crippen molar-refractivity contribution in [1.29, 1.82) is 0 Å². The van der Waals surface area contributed by atoms with Crippen molar-refractivity contribution in [3.8, 4) is 5.75 Å². The van der Waals surface area contributed by atoms with Crippen LogP contribution in [0.5, 0.6) is 5.75 Å². The van der Waals surface area contributed by atoms with E-state index in [1.807, 2.05) is 13.8 Å². The van der Waals surface area contributed by atoms with Crippen LogP contribution in [0.15, 0.2) is 36.0 Å². The highest BCUT2D eigenvalue weighted by Crippen LogP contribution is 2.21. The molecular weight excluding hydrogens is 318 g/mol. The Hall–Kier alpha value is -2.34. The highest BCUT2D eigenvalue weighted by molar-refractivity contribution is 6.35. The van der Waals surface area contributed by atoms with Gasteiger partial charge in [0, 0.05) is 16.6 Å². The maximum absolute atomic E-state index is 11.6. The summed E-state index contributed by atoms with van der Waals surface area (Å²) < 4.78 is 5.45. The Morgan fingerprint density at radius 1 is 1.43 bits per heavy atom. The number of carbonyl (C=O) groups excluding carboxylic acids is 2. The smallest absolute Gasteiger partial charge is 0.329 e. The van der Waals surface area contributed by atoms with E-state index in [1.165, 1.54) is 6.21 Å². The van der Waals surface area contributed by atoms with Gasteiger partial charge >= 0.3 is 11.8 Å². The van der Waals surface area contributed by atoms with Gasteiger partial charge in [0.15, 0.2) is 0 Å². The molecule has 1 aromatic rings. The Bertz CT molecular complexity index is 602. The normalized spacial score (nSPS) is 11.8. The second-order valence-corrected chi connectivity index (χ2v) is 5.20. The van der Waals surface area contributed by atoms with E-state index >= 15 is 0 Å². The molecule has 0 aliphatic rings. The van der Waals surface area contributed by atoms with Crippen molar-refractivity contribution in [3.05, 3.63) is 41.4 Å². The first kappa shape index (κ1) is 18.7. The van der Waals surface area contributed by atoms with Crippen molar-refractivity contribution in [2.45, 2.75) is 26.3 Å². The summed E-state index contributed by atoms with van der Waals surface area (Å²) in [5.74, 6) is -1.03. The second kappa shape index (κ2) is 9.63. The van der Waals surface area contributed by atoms with E-state index in [0.29, 0.717) is 22.9 Å². The van der Waals surface area contributed by atoms with Gasteiger partial charge in [-0.2, -0.15) is 5.10 Å². The van der Waals surface area contributed by atoms with Gasteiger partial charge in [-0.3, -0.25) is 9.59 Å². The summed E-state index contributed by atoms with van der Waals surface area (Å²) in [7, 11) is 0. The van der Waals surface area contributed by atoms with Crippen LogP contribution in [0.4, 0.5) is 0 Å². The fourth-order valence-electron chi connectivity index (χ4n) is 1.50. The van der Waals surface area contributed by atoms with E-state index in [4.69, 9.17) is 16.3 Å². The molecule has 0 aromatic heterocycles. The number of benzene rings is 1. The predicted molar refractivity (Wildman–Crippen MR) is 90.8 cm³/mol. The molecule has 0 saturated heterocycles. The van der Waals surface area contributed by atoms with Gasteiger partial charge in [-0.15, -0.1) is 0 Å². The summed E-state index contributed by atoms with van der Waals surface area (Å²) in [6.45, 7) is 7.61. The number of ether oxygens (including phenoxy) is 1. The minimum Gasteiger partial charge on any atom is -0.489 e. The van der Waals surface area contributed by atoms with Gasteiger partial charge in [0.1, 0.15) is 12.4 Å². The van der Waals surface area contributed by atoms with E-state index in [1.54, 1.807) is 24.3 Å². The molecule has 124 valence electrons. The first-order valence-corrected chi connectivity index (χ1v) is 7.52. The molecule has 0 fully saturated rings. The maximum atomic E-state index is 11.6. The molecule has 0 bridgehead atoms. The zero-order chi connectivity index (χ0) is 17.2. The van der Waals surface area contributed by atoms with Gasteiger partial charge in [0.05, 0.1) is 6.21 Å². The number of hydrazone groups is 1. The van der Waals surface area contributed by atoms with Crippen molar-refractivity contribution in [3.63, 3.8) is 0 Å². The zero-order valence-corrected chi connectivity index (χ0v) is 13.9. The Labute approximate surface area is 140 Å². The largest absolute Gasteiger partial charge is 0.489 e. The fourth-order valence-corrected chi connectivity index (χ4v) is 1.68. The first-order valence-electron chi connectivity index (χ1n) is 7.15. The zero-order valence-electron chi connectivity index (χ0n) is 13.1. The van der Waals surface area contributed by atoms with Gasteiger partial charge in [-0.05, 0) is 31.5 Å². The van der Waals surface area contributed by atoms with E-state index in [9.17, 15) is 9.59 Å². The molecule has 0 spiro atoms. The average molecular weight is 338 g/mol. The molecule has 6 nitrogen and oxygen atoms in total. The first-order chi connectivity index (χ1) is 11.0. The quantitative estimate of drug-likeness (QED) is 0.347. The second-order valence-electron chi connectivity index (χ2n) is 4.76. The Balaban J connectivity index is 2.69. The van der Waals surface area contributed by atoms with Crippen LogP contribution >= 0.6 is 11.6 Å². The monoisotopic (exact) mass is 337 g/mol. The Morgan fingerprint density at radius 3 is 2.83 bits per heavy atom. The number of rotatable bonds is 7. The third-order valence-electron chi connectivity index (χ3n) is 2.89. The molecule has 2 N–H and O–H groups in total. The molecule has 1 aromatic carbocycles. The van der Waals surface area contributed by atoms with Crippen LogP contribution < -0.4 is 15.5 Å². The molecule has 0 unspecified atom stereocenters. The third-order valence-corrected chi connectivity index (χ3v) is 3.13. The molecule has 0 saturated carbocycles. The summed E-state index contributed by atoms with van der Waals surface area (Å²) in [5, 5.41) is 6.80. The SMILES string of the molecule is C=CCOc1ccc(Cl)cc1/C=N\NC(=O)C(=O)N[C@@H](C)CC. The van der Waals surface area contributed by atoms with Crippen LogP contribution in [0.1, 0.15) is 25.8 Å². The fraction of sp³-hybridized carbons (Fsp3) is 0.312. The summed E-state index contributed by atoms with van der Waals surface area (Å²) in [5.41, 5.74) is 2.73. The molecule has 1 atom stereocenters. The van der Waals surface area contributed by atoms with Gasteiger partial charge in [-0.25, -0.2) is 5.43 Å². The Kier molecular flexibility index (Phi) is 7.83. The van der Waals surface area contributed by atoms with E-state index in [-0.39, 0.29) is 6.04 Å². The van der Waals surface area contributed by atoms with Crippen LogP contribution in [0.2, 0.25) is 5.02 Å². The lowest BCUT2D eigenvalue weighted by atomic mass is 10.2. The lowest BCUT2D eigenvalue weighted by molar-refractivity contribution is -0.139. The van der Waals surface area contributed by atoms with Crippen LogP contribution in [-0.4, -0.2) is 30.7 Å². The Morgan fingerprint density at radius 2 is 2.17 bits per heavy atom. The molecule has 0 aliphatic carbocycles. The predicted octanol–water partition coefficient (Wildman–Crippen LogP) is 2.27. The molecular formula is C16H20ClN3O3. The van der Waals surface area contributed by atoms with E-state index < -0.39 is 11.8 Å². The molecule has 1 rings (SSSR count). The van der Waals surface area contributed by atoms with Crippen molar-refractivity contribution < 1.29 is 14.3 Å². The number of halogens is 1. The topological polar surface area (TPSA) is 79.8 Å². The van der Waals surface area contributed by atoms with E-state index in [0.717, 1.165) is 6.42 Å². The maximum Gasteiger partial charge on any atom is 0.329 e. The summed E-state index contributed by atoms with van der Waals surface area (Å²) in [6, 6.07) is 4.92. The van der Waals surface area contributed by atoms with Crippen LogP contribution in [0.3, 0.4) is 0 Å². The van der Waals surface area contributed by atoms with Crippen molar-refractivity contribution in [2.24, 2.45) is 5.10 Å². The number of amides is 2. The molecule has 2 amide bonds. The summed E-state index contributed by atoms with van der Waals surface area (Å²) >= 11 is 5.93.